The molecule has 108 valence electrons. The normalized spacial score (nSPS) is 23.4. The van der Waals surface area contributed by atoms with E-state index in [4.69, 9.17) is 26.2 Å². The summed E-state index contributed by atoms with van der Waals surface area (Å²) in [6.45, 7) is 1.72. The van der Waals surface area contributed by atoms with Crippen LogP contribution in [-0.2, 0) is 9.47 Å². The lowest BCUT2D eigenvalue weighted by Gasteiger charge is -2.22. The Kier molecular flexibility index (Phi) is 3.43. The van der Waals surface area contributed by atoms with Gasteiger partial charge in [-0.25, -0.2) is 4.79 Å². The van der Waals surface area contributed by atoms with E-state index < -0.39 is 12.3 Å². The van der Waals surface area contributed by atoms with Crippen LogP contribution in [0.4, 0.5) is 4.79 Å². The average molecular weight is 306 g/mol. The van der Waals surface area contributed by atoms with Crippen LogP contribution in [0.5, 0.6) is 0 Å². The standard InChI is InChI=1S/C15H12ClNO4/c1-8-13(21-15(18)19)12-7-20-14(11(12)6-17-8)9-2-4-10(16)5-3-9/h2-7,13-14H,1H3,(H,18,19). The van der Waals surface area contributed by atoms with Gasteiger partial charge in [-0.2, -0.15) is 0 Å². The molecule has 0 amide bonds. The summed E-state index contributed by atoms with van der Waals surface area (Å²) in [5.41, 5.74) is 2.98. The van der Waals surface area contributed by atoms with E-state index in [2.05, 4.69) is 4.99 Å². The molecular weight excluding hydrogens is 294 g/mol. The van der Waals surface area contributed by atoms with E-state index in [1.807, 2.05) is 12.1 Å². The van der Waals surface area contributed by atoms with Gasteiger partial charge in [0.05, 0.1) is 12.0 Å². The molecule has 3 rings (SSSR count). The van der Waals surface area contributed by atoms with Crippen molar-refractivity contribution in [2.45, 2.75) is 19.1 Å². The van der Waals surface area contributed by atoms with Gasteiger partial charge >= 0.3 is 6.16 Å². The lowest BCUT2D eigenvalue weighted by molar-refractivity contribution is 0.0852. The average Bonchev–Trinajstić information content (AvgIpc) is 2.87. The van der Waals surface area contributed by atoms with E-state index >= 15 is 0 Å². The van der Waals surface area contributed by atoms with Crippen molar-refractivity contribution in [2.24, 2.45) is 4.99 Å². The first kappa shape index (κ1) is 13.7. The minimum atomic E-state index is -1.34. The minimum Gasteiger partial charge on any atom is -0.488 e. The van der Waals surface area contributed by atoms with Crippen molar-refractivity contribution in [3.05, 3.63) is 58.5 Å². The quantitative estimate of drug-likeness (QED) is 0.846. The molecule has 6 heteroatoms. The SMILES string of the molecule is CC1=NC=C2C(=COC2c2ccc(Cl)cc2)C1OC(=O)O. The highest BCUT2D eigenvalue weighted by Crippen LogP contribution is 2.41. The molecule has 0 fully saturated rings. The van der Waals surface area contributed by atoms with Gasteiger partial charge in [-0.05, 0) is 24.6 Å². The van der Waals surface area contributed by atoms with Crippen molar-refractivity contribution in [2.75, 3.05) is 0 Å². The molecule has 0 aliphatic carbocycles. The fourth-order valence-electron chi connectivity index (χ4n) is 2.40. The molecule has 2 unspecified atom stereocenters. The fourth-order valence-corrected chi connectivity index (χ4v) is 2.52. The van der Waals surface area contributed by atoms with Gasteiger partial charge in [0.15, 0.2) is 6.10 Å². The first-order valence-corrected chi connectivity index (χ1v) is 6.69. The number of carbonyl (C=O) groups is 1. The van der Waals surface area contributed by atoms with Gasteiger partial charge in [0.1, 0.15) is 6.10 Å². The number of hydrogen-bond donors (Lipinski definition) is 1. The maximum Gasteiger partial charge on any atom is 0.506 e. The van der Waals surface area contributed by atoms with Crippen LogP contribution in [0, 0.1) is 0 Å². The second kappa shape index (κ2) is 5.26. The summed E-state index contributed by atoms with van der Waals surface area (Å²) in [6, 6.07) is 7.29. The zero-order chi connectivity index (χ0) is 15.0. The lowest BCUT2D eigenvalue weighted by Crippen LogP contribution is -2.29. The summed E-state index contributed by atoms with van der Waals surface area (Å²) < 4.78 is 10.6. The van der Waals surface area contributed by atoms with E-state index in [9.17, 15) is 4.79 Å². The Hall–Kier alpha value is -2.27. The van der Waals surface area contributed by atoms with Gasteiger partial charge in [-0.1, -0.05) is 23.7 Å². The Bertz CT molecular complexity index is 675. The first-order chi connectivity index (χ1) is 10.1. The molecule has 5 nitrogen and oxygen atoms in total. The van der Waals surface area contributed by atoms with Gasteiger partial charge in [0.25, 0.3) is 0 Å². The van der Waals surface area contributed by atoms with Crippen LogP contribution in [0.3, 0.4) is 0 Å². The molecule has 2 aliphatic heterocycles. The van der Waals surface area contributed by atoms with Gasteiger partial charge < -0.3 is 14.6 Å². The molecule has 0 radical (unpaired) electrons. The highest BCUT2D eigenvalue weighted by molar-refractivity contribution is 6.30. The van der Waals surface area contributed by atoms with E-state index in [1.54, 1.807) is 25.3 Å². The highest BCUT2D eigenvalue weighted by atomic mass is 35.5. The lowest BCUT2D eigenvalue weighted by atomic mass is 9.92. The van der Waals surface area contributed by atoms with Crippen LogP contribution in [0.1, 0.15) is 18.6 Å². The molecule has 0 saturated carbocycles. The number of fused-ring (bicyclic) bond motifs is 1. The predicted molar refractivity (Wildman–Crippen MR) is 77.5 cm³/mol. The van der Waals surface area contributed by atoms with Crippen LogP contribution in [0.15, 0.2) is 52.9 Å². The van der Waals surface area contributed by atoms with Gasteiger partial charge in [0.2, 0.25) is 0 Å². The summed E-state index contributed by atoms with van der Waals surface area (Å²) in [5, 5.41) is 9.48. The number of benzene rings is 1. The third kappa shape index (κ3) is 2.52. The van der Waals surface area contributed by atoms with Crippen molar-refractivity contribution >= 4 is 23.5 Å². The number of rotatable bonds is 2. The smallest absolute Gasteiger partial charge is 0.488 e. The molecule has 0 aromatic heterocycles. The summed E-state index contributed by atoms with van der Waals surface area (Å²) in [5.74, 6) is 0. The van der Waals surface area contributed by atoms with Crippen molar-refractivity contribution < 1.29 is 19.4 Å². The predicted octanol–water partition coefficient (Wildman–Crippen LogP) is 3.72. The van der Waals surface area contributed by atoms with Crippen molar-refractivity contribution in [3.63, 3.8) is 0 Å². The largest absolute Gasteiger partial charge is 0.506 e. The number of halogens is 1. The zero-order valence-electron chi connectivity index (χ0n) is 11.1. The Morgan fingerprint density at radius 3 is 2.71 bits per heavy atom. The number of ether oxygens (including phenoxy) is 2. The molecule has 0 bridgehead atoms. The molecule has 1 aromatic rings. The number of aliphatic imine (C=N–C) groups is 1. The van der Waals surface area contributed by atoms with Gasteiger partial charge in [0, 0.05) is 22.4 Å². The fraction of sp³-hybridized carbons (Fsp3) is 0.200. The van der Waals surface area contributed by atoms with Crippen LogP contribution in [0.25, 0.3) is 0 Å². The summed E-state index contributed by atoms with van der Waals surface area (Å²) >= 11 is 5.88. The topological polar surface area (TPSA) is 68.1 Å². The third-order valence-electron chi connectivity index (χ3n) is 3.41. The number of nitrogens with zero attached hydrogens (tertiary/aromatic N) is 1. The maximum absolute atomic E-state index is 10.8. The molecule has 2 aliphatic rings. The molecule has 0 saturated heterocycles. The Balaban J connectivity index is 1.91. The highest BCUT2D eigenvalue weighted by Gasteiger charge is 2.36. The van der Waals surface area contributed by atoms with E-state index in [-0.39, 0.29) is 6.10 Å². The number of carboxylic acid groups (broad SMARTS) is 1. The second-order valence-electron chi connectivity index (χ2n) is 4.76. The van der Waals surface area contributed by atoms with Crippen molar-refractivity contribution in [1.29, 1.82) is 0 Å². The molecule has 2 atom stereocenters. The zero-order valence-corrected chi connectivity index (χ0v) is 11.9. The Labute approximate surface area is 126 Å². The summed E-state index contributed by atoms with van der Waals surface area (Å²) in [4.78, 5) is 15.0. The van der Waals surface area contributed by atoms with Crippen LogP contribution >= 0.6 is 11.6 Å². The van der Waals surface area contributed by atoms with Gasteiger partial charge in [-0.15, -0.1) is 0 Å². The van der Waals surface area contributed by atoms with E-state index in [0.717, 1.165) is 11.1 Å². The summed E-state index contributed by atoms with van der Waals surface area (Å²) in [7, 11) is 0. The molecule has 1 N–H and O–H groups in total. The molecule has 21 heavy (non-hydrogen) atoms. The van der Waals surface area contributed by atoms with E-state index in [0.29, 0.717) is 16.3 Å². The monoisotopic (exact) mass is 305 g/mol. The second-order valence-corrected chi connectivity index (χ2v) is 5.20. The Morgan fingerprint density at radius 1 is 1.33 bits per heavy atom. The maximum atomic E-state index is 10.8. The van der Waals surface area contributed by atoms with Crippen molar-refractivity contribution in [3.8, 4) is 0 Å². The van der Waals surface area contributed by atoms with Crippen molar-refractivity contribution in [1.82, 2.24) is 0 Å². The molecule has 2 heterocycles. The van der Waals surface area contributed by atoms with E-state index in [1.165, 1.54) is 6.26 Å². The molecular formula is C15H12ClNO4. The van der Waals surface area contributed by atoms with Crippen LogP contribution in [-0.4, -0.2) is 23.1 Å². The minimum absolute atomic E-state index is 0.325. The molecule has 1 aromatic carbocycles. The van der Waals surface area contributed by atoms with Crippen LogP contribution in [0.2, 0.25) is 5.02 Å². The molecule has 0 spiro atoms. The van der Waals surface area contributed by atoms with Gasteiger partial charge in [-0.3, -0.25) is 4.99 Å². The Morgan fingerprint density at radius 2 is 2.05 bits per heavy atom. The third-order valence-corrected chi connectivity index (χ3v) is 3.66. The van der Waals surface area contributed by atoms with Crippen LogP contribution < -0.4 is 0 Å². The first-order valence-electron chi connectivity index (χ1n) is 6.31. The summed E-state index contributed by atoms with van der Waals surface area (Å²) in [6.07, 6.45) is 0.840. The number of hydrogen-bond acceptors (Lipinski definition) is 4.